The molecule has 0 radical (unpaired) electrons. The Hall–Kier alpha value is -2.20. The van der Waals surface area contributed by atoms with Gasteiger partial charge in [0.25, 0.3) is 0 Å². The molecule has 0 bridgehead atoms. The molecule has 0 saturated carbocycles. The van der Waals surface area contributed by atoms with Crippen LogP contribution in [-0.2, 0) is 0 Å². The molecule has 2 amide bonds. The third-order valence-corrected chi connectivity index (χ3v) is 6.69. The van der Waals surface area contributed by atoms with Crippen LogP contribution in [0, 0.1) is 0 Å². The van der Waals surface area contributed by atoms with Gasteiger partial charge in [-0.25, -0.2) is 9.10 Å². The zero-order valence-electron chi connectivity index (χ0n) is 19.4. The van der Waals surface area contributed by atoms with Crippen LogP contribution in [0.2, 0.25) is 5.02 Å². The van der Waals surface area contributed by atoms with Crippen molar-refractivity contribution in [1.82, 2.24) is 15.1 Å². The summed E-state index contributed by atoms with van der Waals surface area (Å²) in [4.78, 5) is 17.1. The van der Waals surface area contributed by atoms with Crippen LogP contribution in [0.25, 0.3) is 0 Å². The molecule has 1 heterocycles. The van der Waals surface area contributed by atoms with Crippen molar-refractivity contribution in [3.8, 4) is 5.75 Å². The normalized spacial score (nSPS) is 13.7. The summed E-state index contributed by atoms with van der Waals surface area (Å²) in [6.45, 7) is 4.93. The predicted molar refractivity (Wildman–Crippen MR) is 147 cm³/mol. The Labute approximate surface area is 217 Å². The maximum absolute atomic E-state index is 12.6. The van der Waals surface area contributed by atoms with Crippen molar-refractivity contribution in [2.24, 2.45) is 0 Å². The Bertz CT molecular complexity index is 941. The molecule has 0 atom stereocenters. The first-order valence-electron chi connectivity index (χ1n) is 11.4. The van der Waals surface area contributed by atoms with Gasteiger partial charge in [-0.2, -0.15) is 0 Å². The van der Waals surface area contributed by atoms with E-state index in [0.717, 1.165) is 37.6 Å². The van der Waals surface area contributed by atoms with Crippen LogP contribution in [0.3, 0.4) is 0 Å². The second-order valence-corrected chi connectivity index (χ2v) is 9.29. The third-order valence-electron chi connectivity index (χ3n) is 5.66. The number of benzene rings is 2. The van der Waals surface area contributed by atoms with Gasteiger partial charge in [0.1, 0.15) is 5.75 Å². The first kappa shape index (κ1) is 26.4. The highest BCUT2D eigenvalue weighted by Crippen LogP contribution is 2.20. The number of hydrogen-bond donors (Lipinski definition) is 3. The Balaban J connectivity index is 1.57. The Morgan fingerprint density at radius 2 is 1.88 bits per heavy atom. The number of hydrogen-bond acceptors (Lipinski definition) is 5. The molecule has 1 fully saturated rings. The number of methoxy groups -OCH3 is 1. The molecule has 1 aliphatic rings. The molecule has 2 aromatic carbocycles. The van der Waals surface area contributed by atoms with Crippen LogP contribution < -0.4 is 19.7 Å². The quantitative estimate of drug-likeness (QED) is 0.322. The van der Waals surface area contributed by atoms with Crippen LogP contribution in [0.4, 0.5) is 16.2 Å². The van der Waals surface area contributed by atoms with Crippen LogP contribution in [0.1, 0.15) is 19.3 Å². The smallest absolute Gasteiger partial charge is 0.331 e. The van der Waals surface area contributed by atoms with Gasteiger partial charge in [0, 0.05) is 43.0 Å². The Kier molecular flexibility index (Phi) is 10.6. The van der Waals surface area contributed by atoms with Gasteiger partial charge in [-0.05, 0) is 74.5 Å². The molecule has 7 nitrogen and oxygen atoms in total. The van der Waals surface area contributed by atoms with Crippen molar-refractivity contribution in [3.63, 3.8) is 0 Å². The topological polar surface area (TPSA) is 60.1 Å². The highest BCUT2D eigenvalue weighted by Gasteiger charge is 2.16. The van der Waals surface area contributed by atoms with E-state index in [4.69, 9.17) is 28.6 Å². The number of urea groups is 1. The average molecular weight is 522 g/mol. The largest absolute Gasteiger partial charge is 0.497 e. The molecule has 0 aromatic heterocycles. The van der Waals surface area contributed by atoms with Crippen LogP contribution in [-0.4, -0.2) is 67.3 Å². The number of thiol groups is 1. The number of nitrogens with zero attached hydrogens (tertiary/aromatic N) is 3. The van der Waals surface area contributed by atoms with Gasteiger partial charge >= 0.3 is 6.03 Å². The maximum Gasteiger partial charge on any atom is 0.331 e. The number of anilines is 2. The summed E-state index contributed by atoms with van der Waals surface area (Å²) in [6, 6.07) is 14.3. The fourth-order valence-electron chi connectivity index (χ4n) is 3.74. The second kappa shape index (κ2) is 13.6. The van der Waals surface area contributed by atoms with Crippen molar-refractivity contribution >= 4 is 59.2 Å². The Morgan fingerprint density at radius 3 is 2.59 bits per heavy atom. The third kappa shape index (κ3) is 8.23. The Morgan fingerprint density at radius 1 is 1.15 bits per heavy atom. The summed E-state index contributed by atoms with van der Waals surface area (Å²) in [6.07, 6.45) is 3.78. The van der Waals surface area contributed by atoms with E-state index in [9.17, 15) is 4.79 Å². The number of ether oxygens (including phenoxy) is 1. The monoisotopic (exact) mass is 521 g/mol. The van der Waals surface area contributed by atoms with Crippen LogP contribution >= 0.6 is 36.6 Å². The summed E-state index contributed by atoms with van der Waals surface area (Å²) >= 11 is 16.0. The number of carbonyl (C=O) groups is 1. The van der Waals surface area contributed by atoms with Crippen molar-refractivity contribution in [2.75, 3.05) is 56.0 Å². The average Bonchev–Trinajstić information content (AvgIpc) is 2.86. The molecule has 0 aliphatic carbocycles. The fraction of sp³-hybridized carbons (Fsp3) is 0.417. The van der Waals surface area contributed by atoms with Crippen molar-refractivity contribution in [3.05, 3.63) is 53.6 Å². The molecule has 184 valence electrons. The lowest BCUT2D eigenvalue weighted by Gasteiger charge is -2.31. The lowest BCUT2D eigenvalue weighted by atomic mass is 10.1. The summed E-state index contributed by atoms with van der Waals surface area (Å²) in [5, 5.41) is 7.44. The maximum atomic E-state index is 12.6. The van der Waals surface area contributed by atoms with Gasteiger partial charge in [-0.15, -0.1) is 0 Å². The van der Waals surface area contributed by atoms with E-state index >= 15 is 0 Å². The highest BCUT2D eigenvalue weighted by atomic mass is 35.5. The number of nitrogens with one attached hydrogen (secondary N) is 2. The molecule has 1 aliphatic heterocycles. The first-order chi connectivity index (χ1) is 16.5. The number of halogens is 1. The van der Waals surface area contributed by atoms with Gasteiger partial charge in [-0.1, -0.05) is 36.9 Å². The number of rotatable bonds is 9. The molecule has 0 unspecified atom stereocenters. The van der Waals surface area contributed by atoms with E-state index in [1.807, 2.05) is 24.3 Å². The number of piperidine rings is 1. The number of likely N-dealkylation sites (tertiary alicyclic amines) is 1. The minimum atomic E-state index is -0.312. The molecule has 1 saturated heterocycles. The summed E-state index contributed by atoms with van der Waals surface area (Å²) < 4.78 is 6.58. The minimum Gasteiger partial charge on any atom is -0.497 e. The van der Waals surface area contributed by atoms with Crippen molar-refractivity contribution < 1.29 is 9.53 Å². The first-order valence-corrected chi connectivity index (χ1v) is 12.6. The molecule has 0 spiro atoms. The zero-order chi connectivity index (χ0) is 24.3. The van der Waals surface area contributed by atoms with Crippen molar-refractivity contribution in [1.29, 1.82) is 0 Å². The number of carbonyl (C=O) groups excluding carboxylic acids is 1. The molecule has 34 heavy (non-hydrogen) atoms. The van der Waals surface area contributed by atoms with Gasteiger partial charge < -0.3 is 25.2 Å². The lowest BCUT2D eigenvalue weighted by molar-refractivity contribution is 0.210. The van der Waals surface area contributed by atoms with E-state index < -0.39 is 0 Å². The predicted octanol–water partition coefficient (Wildman–Crippen LogP) is 4.89. The number of amides is 2. The molecular weight excluding hydrogens is 490 g/mol. The van der Waals surface area contributed by atoms with Crippen molar-refractivity contribution in [2.45, 2.75) is 19.3 Å². The van der Waals surface area contributed by atoms with Gasteiger partial charge in [-0.3, -0.25) is 0 Å². The van der Waals surface area contributed by atoms with E-state index in [1.54, 1.807) is 31.4 Å². The van der Waals surface area contributed by atoms with E-state index in [2.05, 4.69) is 33.2 Å². The SMILES string of the molecule is COc1cccc(NC(=S)N(CCNC(=O)N(S)c2ccc(Cl)cc2)CCN2CCCCC2)c1. The van der Waals surface area contributed by atoms with E-state index in [-0.39, 0.29) is 6.03 Å². The van der Waals surface area contributed by atoms with Gasteiger partial charge in [0.15, 0.2) is 5.11 Å². The molecule has 2 N–H and O–H groups in total. The van der Waals surface area contributed by atoms with E-state index in [0.29, 0.717) is 28.9 Å². The second-order valence-electron chi connectivity index (χ2n) is 8.07. The van der Waals surface area contributed by atoms with Crippen LogP contribution in [0.5, 0.6) is 5.75 Å². The fourth-order valence-corrected chi connectivity index (χ4v) is 4.37. The van der Waals surface area contributed by atoms with Crippen LogP contribution in [0.15, 0.2) is 48.5 Å². The van der Waals surface area contributed by atoms with Gasteiger partial charge in [0.05, 0.1) is 12.8 Å². The molecule has 2 aromatic rings. The summed E-state index contributed by atoms with van der Waals surface area (Å²) in [5.74, 6) is 0.760. The van der Waals surface area contributed by atoms with Gasteiger partial charge in [0.2, 0.25) is 0 Å². The summed E-state index contributed by atoms with van der Waals surface area (Å²) in [7, 11) is 1.64. The van der Waals surface area contributed by atoms with E-state index in [1.165, 1.54) is 23.6 Å². The molecular formula is C24H32ClN5O2S2. The zero-order valence-corrected chi connectivity index (χ0v) is 21.8. The summed E-state index contributed by atoms with van der Waals surface area (Å²) in [5.41, 5.74) is 1.50. The standard InChI is InChI=1S/C24H32ClN5O2S2/c1-32-22-7-5-6-20(18-22)27-24(33)29(17-16-28-13-3-2-4-14-28)15-12-26-23(31)30(34)21-10-8-19(25)9-11-21/h5-11,18,34H,2-4,12-17H2,1H3,(H,26,31)(H,27,33). The minimum absolute atomic E-state index is 0.312. The highest BCUT2D eigenvalue weighted by molar-refractivity contribution is 7.82. The molecule has 10 heteroatoms. The lowest BCUT2D eigenvalue weighted by Crippen LogP contribution is -2.46. The molecule has 3 rings (SSSR count). The number of thiocarbonyl (C=S) groups is 1.